The van der Waals surface area contributed by atoms with Crippen LogP contribution in [0.15, 0.2) is 24.3 Å². The molecule has 0 bridgehead atoms. The van der Waals surface area contributed by atoms with Crippen molar-refractivity contribution in [3.8, 4) is 11.4 Å². The van der Waals surface area contributed by atoms with Gasteiger partial charge in [0, 0.05) is 17.2 Å². The molecule has 98 valence electrons. The number of hydrogen-bond donors (Lipinski definition) is 2. The van der Waals surface area contributed by atoms with Crippen LogP contribution < -0.4 is 5.32 Å². The van der Waals surface area contributed by atoms with Crippen molar-refractivity contribution >= 4 is 5.91 Å². The van der Waals surface area contributed by atoms with E-state index in [1.165, 1.54) is 12.8 Å². The minimum absolute atomic E-state index is 0.0286. The number of tetrazole rings is 1. The third kappa shape index (κ3) is 2.62. The molecule has 2 aromatic rings. The molecule has 1 fully saturated rings. The predicted molar refractivity (Wildman–Crippen MR) is 69.3 cm³/mol. The molecule has 1 aromatic heterocycles. The van der Waals surface area contributed by atoms with Gasteiger partial charge < -0.3 is 5.32 Å². The number of nitrogens with one attached hydrogen (secondary N) is 2. The fourth-order valence-electron chi connectivity index (χ4n) is 2.06. The molecule has 0 radical (unpaired) electrons. The molecule has 0 saturated heterocycles. The first-order chi connectivity index (χ1) is 9.24. The number of hydrogen-bond acceptors (Lipinski definition) is 4. The lowest BCUT2D eigenvalue weighted by Gasteiger charge is -2.12. The van der Waals surface area contributed by atoms with Crippen LogP contribution in [-0.4, -0.2) is 32.6 Å². The zero-order valence-corrected chi connectivity index (χ0v) is 10.6. The molecule has 0 spiro atoms. The quantitative estimate of drug-likeness (QED) is 0.867. The minimum Gasteiger partial charge on any atom is -0.349 e. The van der Waals surface area contributed by atoms with Crippen LogP contribution in [0.25, 0.3) is 11.4 Å². The van der Waals surface area contributed by atoms with Gasteiger partial charge >= 0.3 is 0 Å². The summed E-state index contributed by atoms with van der Waals surface area (Å²) in [5.74, 6) is 1.15. The summed E-state index contributed by atoms with van der Waals surface area (Å²) in [4.78, 5) is 12.0. The summed E-state index contributed by atoms with van der Waals surface area (Å²) >= 11 is 0. The fourth-order valence-corrected chi connectivity index (χ4v) is 2.06. The Kier molecular flexibility index (Phi) is 2.98. The number of H-pyrrole nitrogens is 1. The Morgan fingerprint density at radius 2 is 2.11 bits per heavy atom. The van der Waals surface area contributed by atoms with Gasteiger partial charge in [-0.3, -0.25) is 4.79 Å². The first kappa shape index (κ1) is 11.8. The maximum Gasteiger partial charge on any atom is 0.251 e. The van der Waals surface area contributed by atoms with E-state index in [1.54, 1.807) is 12.1 Å². The van der Waals surface area contributed by atoms with Crippen LogP contribution in [0.5, 0.6) is 0 Å². The van der Waals surface area contributed by atoms with Gasteiger partial charge in [-0.05, 0) is 43.0 Å². The Labute approximate surface area is 110 Å². The van der Waals surface area contributed by atoms with E-state index in [-0.39, 0.29) is 11.9 Å². The van der Waals surface area contributed by atoms with E-state index in [1.807, 2.05) is 12.1 Å². The smallest absolute Gasteiger partial charge is 0.251 e. The lowest BCUT2D eigenvalue weighted by molar-refractivity contribution is 0.0936. The number of benzene rings is 1. The summed E-state index contributed by atoms with van der Waals surface area (Å²) in [7, 11) is 0. The van der Waals surface area contributed by atoms with E-state index < -0.39 is 0 Å². The van der Waals surface area contributed by atoms with Gasteiger partial charge in [-0.25, -0.2) is 0 Å². The van der Waals surface area contributed by atoms with Gasteiger partial charge in [0.2, 0.25) is 5.82 Å². The number of aromatic amines is 1. The van der Waals surface area contributed by atoms with Gasteiger partial charge in [0.1, 0.15) is 0 Å². The standard InChI is InChI=1S/C13H15N5O/c1-8(9-2-3-9)14-13(19)11-6-4-10(5-7-11)12-15-17-18-16-12/h4-9H,2-3H2,1H3,(H,14,19)(H,15,16,17,18). The molecule has 1 amide bonds. The highest BCUT2D eigenvalue weighted by atomic mass is 16.1. The van der Waals surface area contributed by atoms with E-state index >= 15 is 0 Å². The number of nitrogens with zero attached hydrogens (tertiary/aromatic N) is 3. The number of carbonyl (C=O) groups is 1. The molecule has 19 heavy (non-hydrogen) atoms. The minimum atomic E-state index is -0.0286. The van der Waals surface area contributed by atoms with E-state index in [0.717, 1.165) is 5.56 Å². The molecular weight excluding hydrogens is 242 g/mol. The van der Waals surface area contributed by atoms with E-state index in [9.17, 15) is 4.79 Å². The van der Waals surface area contributed by atoms with Gasteiger partial charge in [0.05, 0.1) is 0 Å². The molecule has 1 aliphatic carbocycles. The van der Waals surface area contributed by atoms with E-state index in [4.69, 9.17) is 0 Å². The van der Waals surface area contributed by atoms with Crippen molar-refractivity contribution in [3.05, 3.63) is 29.8 Å². The molecule has 1 aromatic carbocycles. The van der Waals surface area contributed by atoms with Crippen LogP contribution in [0.2, 0.25) is 0 Å². The topological polar surface area (TPSA) is 83.6 Å². The Balaban J connectivity index is 1.69. The monoisotopic (exact) mass is 257 g/mol. The molecule has 3 rings (SSSR count). The van der Waals surface area contributed by atoms with Crippen molar-refractivity contribution in [3.63, 3.8) is 0 Å². The maximum absolute atomic E-state index is 12.0. The first-order valence-corrected chi connectivity index (χ1v) is 6.39. The Morgan fingerprint density at radius 1 is 1.37 bits per heavy atom. The average Bonchev–Trinajstić information content (AvgIpc) is 3.14. The predicted octanol–water partition coefficient (Wildman–Crippen LogP) is 1.39. The van der Waals surface area contributed by atoms with Gasteiger partial charge in [-0.2, -0.15) is 5.21 Å². The highest BCUT2D eigenvalue weighted by molar-refractivity contribution is 5.94. The van der Waals surface area contributed by atoms with Crippen molar-refractivity contribution in [2.24, 2.45) is 5.92 Å². The Bertz CT molecular complexity index is 559. The van der Waals surface area contributed by atoms with Gasteiger partial charge in [-0.1, -0.05) is 12.1 Å². The molecule has 1 unspecified atom stereocenters. The van der Waals surface area contributed by atoms with E-state index in [2.05, 4.69) is 32.9 Å². The number of carbonyl (C=O) groups excluding carboxylic acids is 1. The first-order valence-electron chi connectivity index (χ1n) is 6.39. The maximum atomic E-state index is 12.0. The van der Waals surface area contributed by atoms with Gasteiger partial charge in [0.25, 0.3) is 5.91 Å². The summed E-state index contributed by atoms with van der Waals surface area (Å²) < 4.78 is 0. The molecule has 1 atom stereocenters. The fraction of sp³-hybridized carbons (Fsp3) is 0.385. The van der Waals surface area contributed by atoms with Crippen LogP contribution in [0.4, 0.5) is 0 Å². The van der Waals surface area contributed by atoms with Crippen LogP contribution in [0.1, 0.15) is 30.1 Å². The summed E-state index contributed by atoms with van der Waals surface area (Å²) in [5, 5.41) is 16.7. The second-order valence-corrected chi connectivity index (χ2v) is 4.91. The number of rotatable bonds is 4. The van der Waals surface area contributed by atoms with Crippen molar-refractivity contribution in [2.75, 3.05) is 0 Å². The lowest BCUT2D eigenvalue weighted by atomic mass is 10.1. The van der Waals surface area contributed by atoms with Gasteiger partial charge in [0.15, 0.2) is 0 Å². The van der Waals surface area contributed by atoms with Crippen molar-refractivity contribution in [1.82, 2.24) is 25.9 Å². The Morgan fingerprint density at radius 3 is 2.68 bits per heavy atom. The zero-order chi connectivity index (χ0) is 13.2. The lowest BCUT2D eigenvalue weighted by Crippen LogP contribution is -2.33. The third-order valence-electron chi connectivity index (χ3n) is 3.44. The number of aromatic nitrogens is 4. The molecule has 6 nitrogen and oxygen atoms in total. The molecule has 1 aliphatic rings. The van der Waals surface area contributed by atoms with Crippen LogP contribution in [0.3, 0.4) is 0 Å². The van der Waals surface area contributed by atoms with Gasteiger partial charge in [-0.15, -0.1) is 10.2 Å². The average molecular weight is 257 g/mol. The van der Waals surface area contributed by atoms with Crippen molar-refractivity contribution < 1.29 is 4.79 Å². The number of amides is 1. The molecule has 6 heteroatoms. The second kappa shape index (κ2) is 4.79. The van der Waals surface area contributed by atoms with Crippen molar-refractivity contribution in [2.45, 2.75) is 25.8 Å². The normalized spacial score (nSPS) is 16.1. The summed E-state index contributed by atoms with van der Waals surface area (Å²) in [6.07, 6.45) is 2.44. The highest BCUT2D eigenvalue weighted by Crippen LogP contribution is 2.32. The summed E-state index contributed by atoms with van der Waals surface area (Å²) in [6.45, 7) is 2.06. The largest absolute Gasteiger partial charge is 0.349 e. The van der Waals surface area contributed by atoms with Crippen LogP contribution in [-0.2, 0) is 0 Å². The molecule has 0 aliphatic heterocycles. The molecular formula is C13H15N5O. The summed E-state index contributed by atoms with van der Waals surface area (Å²) in [6, 6.07) is 7.45. The summed E-state index contributed by atoms with van der Waals surface area (Å²) in [5.41, 5.74) is 1.49. The second-order valence-electron chi connectivity index (χ2n) is 4.91. The van der Waals surface area contributed by atoms with Crippen LogP contribution in [0, 0.1) is 5.92 Å². The highest BCUT2D eigenvalue weighted by Gasteiger charge is 2.29. The Hall–Kier alpha value is -2.24. The van der Waals surface area contributed by atoms with Crippen LogP contribution >= 0.6 is 0 Å². The molecule has 2 N–H and O–H groups in total. The SMILES string of the molecule is CC(NC(=O)c1ccc(-c2nn[nH]n2)cc1)C1CC1. The molecule has 1 heterocycles. The van der Waals surface area contributed by atoms with Crippen molar-refractivity contribution in [1.29, 1.82) is 0 Å². The zero-order valence-electron chi connectivity index (χ0n) is 10.6. The van der Waals surface area contributed by atoms with E-state index in [0.29, 0.717) is 17.3 Å². The third-order valence-corrected chi connectivity index (χ3v) is 3.44. The molecule has 1 saturated carbocycles.